The van der Waals surface area contributed by atoms with E-state index < -0.39 is 0 Å². The van der Waals surface area contributed by atoms with Gasteiger partial charge in [0.25, 0.3) is 5.91 Å². The molecule has 0 fully saturated rings. The zero-order valence-corrected chi connectivity index (χ0v) is 13.1. The first-order valence-electron chi connectivity index (χ1n) is 6.87. The maximum Gasteiger partial charge on any atom is 0.310 e. The molecule has 0 aliphatic rings. The topological polar surface area (TPSA) is 62.7 Å². The summed E-state index contributed by atoms with van der Waals surface area (Å²) in [6.07, 6.45) is 3.16. The van der Waals surface area contributed by atoms with Gasteiger partial charge >= 0.3 is 5.97 Å². The number of ether oxygens (including phenoxy) is 1. The van der Waals surface area contributed by atoms with Crippen molar-refractivity contribution in [1.82, 2.24) is 14.8 Å². The fourth-order valence-electron chi connectivity index (χ4n) is 1.87. The van der Waals surface area contributed by atoms with E-state index in [-0.39, 0.29) is 17.8 Å². The molecule has 0 radical (unpaired) electrons. The summed E-state index contributed by atoms with van der Waals surface area (Å²) in [5.74, 6) is -0.803. The minimum absolute atomic E-state index is 0.124. The van der Waals surface area contributed by atoms with Crippen LogP contribution in [0.15, 0.2) is 24.5 Å². The molecule has 0 spiro atoms. The van der Waals surface area contributed by atoms with Crippen molar-refractivity contribution in [3.63, 3.8) is 0 Å². The second-order valence-electron chi connectivity index (χ2n) is 5.22. The van der Waals surface area contributed by atoms with Gasteiger partial charge in [-0.3, -0.25) is 14.6 Å². The van der Waals surface area contributed by atoms with Crippen LogP contribution in [-0.4, -0.2) is 67.5 Å². The van der Waals surface area contributed by atoms with Gasteiger partial charge in [0.15, 0.2) is 0 Å². The molecule has 0 saturated heterocycles. The highest BCUT2D eigenvalue weighted by atomic mass is 16.5. The summed E-state index contributed by atoms with van der Waals surface area (Å²) in [5.41, 5.74) is 0.522. The molecule has 0 aromatic carbocycles. The highest BCUT2D eigenvalue weighted by Crippen LogP contribution is 2.08. The van der Waals surface area contributed by atoms with E-state index in [0.717, 1.165) is 6.54 Å². The Morgan fingerprint density at radius 1 is 1.33 bits per heavy atom. The number of nitrogens with zero attached hydrogens (tertiary/aromatic N) is 3. The first kappa shape index (κ1) is 17.1. The Labute approximate surface area is 125 Å². The van der Waals surface area contributed by atoms with Crippen LogP contribution >= 0.6 is 0 Å². The molecular weight excluding hydrogens is 270 g/mol. The highest BCUT2D eigenvalue weighted by molar-refractivity contribution is 5.94. The van der Waals surface area contributed by atoms with Gasteiger partial charge in [-0.25, -0.2) is 0 Å². The number of hydrogen-bond acceptors (Lipinski definition) is 5. The van der Waals surface area contributed by atoms with Crippen molar-refractivity contribution in [2.45, 2.75) is 6.92 Å². The second-order valence-corrected chi connectivity index (χ2v) is 5.22. The number of methoxy groups -OCH3 is 1. The van der Waals surface area contributed by atoms with Gasteiger partial charge in [0.1, 0.15) is 0 Å². The Balaban J connectivity index is 2.81. The van der Waals surface area contributed by atoms with Crippen molar-refractivity contribution in [2.24, 2.45) is 5.92 Å². The summed E-state index contributed by atoms with van der Waals surface area (Å²) >= 11 is 0. The minimum Gasteiger partial charge on any atom is -0.469 e. The quantitative estimate of drug-likeness (QED) is 0.699. The zero-order valence-electron chi connectivity index (χ0n) is 13.1. The zero-order chi connectivity index (χ0) is 15.8. The number of rotatable bonds is 7. The van der Waals surface area contributed by atoms with E-state index in [0.29, 0.717) is 18.7 Å². The summed E-state index contributed by atoms with van der Waals surface area (Å²) in [6.45, 7) is 3.35. The van der Waals surface area contributed by atoms with Crippen LogP contribution in [0.4, 0.5) is 0 Å². The van der Waals surface area contributed by atoms with Crippen LogP contribution in [0.5, 0.6) is 0 Å². The van der Waals surface area contributed by atoms with Crippen LogP contribution < -0.4 is 0 Å². The number of hydrogen-bond donors (Lipinski definition) is 0. The normalized spacial score (nSPS) is 12.0. The van der Waals surface area contributed by atoms with Gasteiger partial charge < -0.3 is 14.5 Å². The van der Waals surface area contributed by atoms with Gasteiger partial charge in [-0.15, -0.1) is 0 Å². The van der Waals surface area contributed by atoms with Crippen molar-refractivity contribution in [2.75, 3.05) is 40.8 Å². The summed E-state index contributed by atoms with van der Waals surface area (Å²) in [4.78, 5) is 31.7. The lowest BCUT2D eigenvalue weighted by Crippen LogP contribution is -2.41. The molecule has 6 heteroatoms. The molecule has 1 aromatic rings. The third kappa shape index (κ3) is 5.51. The number of esters is 1. The van der Waals surface area contributed by atoms with E-state index in [2.05, 4.69) is 4.98 Å². The van der Waals surface area contributed by atoms with E-state index in [9.17, 15) is 9.59 Å². The summed E-state index contributed by atoms with van der Waals surface area (Å²) in [5, 5.41) is 0. The predicted molar refractivity (Wildman–Crippen MR) is 79.9 cm³/mol. The number of carbonyl (C=O) groups excluding carboxylic acids is 2. The monoisotopic (exact) mass is 293 g/mol. The number of likely N-dealkylation sites (N-methyl/N-ethyl adjacent to an activating group) is 1. The number of aromatic nitrogens is 1. The highest BCUT2D eigenvalue weighted by Gasteiger charge is 2.22. The Morgan fingerprint density at radius 3 is 2.57 bits per heavy atom. The lowest BCUT2D eigenvalue weighted by atomic mass is 10.1. The third-order valence-corrected chi connectivity index (χ3v) is 3.11. The fraction of sp³-hybridized carbons (Fsp3) is 0.533. The van der Waals surface area contributed by atoms with Crippen molar-refractivity contribution in [3.8, 4) is 0 Å². The SMILES string of the molecule is COC(=O)C(C)CN(CCN(C)C)C(=O)c1cccnc1. The van der Waals surface area contributed by atoms with Crippen LogP contribution in [0.25, 0.3) is 0 Å². The number of amides is 1. The lowest BCUT2D eigenvalue weighted by Gasteiger charge is -2.26. The minimum atomic E-state index is -0.363. The molecule has 0 saturated carbocycles. The van der Waals surface area contributed by atoms with Gasteiger partial charge in [0.2, 0.25) is 0 Å². The average molecular weight is 293 g/mol. The lowest BCUT2D eigenvalue weighted by molar-refractivity contribution is -0.145. The molecule has 116 valence electrons. The maximum atomic E-state index is 12.5. The smallest absolute Gasteiger partial charge is 0.310 e. The van der Waals surface area contributed by atoms with Gasteiger partial charge in [-0.05, 0) is 26.2 Å². The first-order chi connectivity index (χ1) is 9.95. The largest absolute Gasteiger partial charge is 0.469 e. The molecule has 1 unspecified atom stereocenters. The number of carbonyl (C=O) groups is 2. The molecule has 1 atom stereocenters. The molecule has 0 aliphatic heterocycles. The molecule has 1 rings (SSSR count). The van der Waals surface area contributed by atoms with E-state index in [1.54, 1.807) is 30.2 Å². The Bertz CT molecular complexity index is 462. The first-order valence-corrected chi connectivity index (χ1v) is 6.87. The predicted octanol–water partition coefficient (Wildman–Crippen LogP) is 0.894. The Morgan fingerprint density at radius 2 is 2.05 bits per heavy atom. The number of pyridine rings is 1. The van der Waals surface area contributed by atoms with Crippen molar-refractivity contribution in [3.05, 3.63) is 30.1 Å². The van der Waals surface area contributed by atoms with Crippen LogP contribution in [0, 0.1) is 5.92 Å². The molecule has 0 bridgehead atoms. The molecule has 21 heavy (non-hydrogen) atoms. The van der Waals surface area contributed by atoms with E-state index in [4.69, 9.17) is 4.74 Å². The van der Waals surface area contributed by atoms with Crippen molar-refractivity contribution >= 4 is 11.9 Å². The van der Waals surface area contributed by atoms with E-state index in [1.807, 2.05) is 19.0 Å². The van der Waals surface area contributed by atoms with Gasteiger partial charge in [-0.2, -0.15) is 0 Å². The van der Waals surface area contributed by atoms with Crippen LogP contribution in [-0.2, 0) is 9.53 Å². The average Bonchev–Trinajstić information content (AvgIpc) is 2.50. The maximum absolute atomic E-state index is 12.5. The van der Waals surface area contributed by atoms with Crippen LogP contribution in [0.1, 0.15) is 17.3 Å². The van der Waals surface area contributed by atoms with Gasteiger partial charge in [-0.1, -0.05) is 6.92 Å². The van der Waals surface area contributed by atoms with E-state index in [1.165, 1.54) is 13.3 Å². The fourth-order valence-corrected chi connectivity index (χ4v) is 1.87. The standard InChI is InChI=1S/C15H23N3O3/c1-12(15(20)21-4)11-18(9-8-17(2)3)14(19)13-6-5-7-16-10-13/h5-7,10,12H,8-9,11H2,1-4H3. The summed E-state index contributed by atoms with van der Waals surface area (Å²) in [7, 11) is 5.23. The second kappa shape index (κ2) is 8.36. The molecule has 6 nitrogen and oxygen atoms in total. The van der Waals surface area contributed by atoms with Crippen molar-refractivity contribution < 1.29 is 14.3 Å². The van der Waals surface area contributed by atoms with Crippen LogP contribution in [0.3, 0.4) is 0 Å². The van der Waals surface area contributed by atoms with Crippen molar-refractivity contribution in [1.29, 1.82) is 0 Å². The molecule has 0 N–H and O–H groups in total. The summed E-state index contributed by atoms with van der Waals surface area (Å²) in [6, 6.07) is 3.45. The summed E-state index contributed by atoms with van der Waals surface area (Å²) < 4.78 is 4.72. The van der Waals surface area contributed by atoms with E-state index >= 15 is 0 Å². The Hall–Kier alpha value is -1.95. The Kier molecular flexibility index (Phi) is 6.81. The molecule has 1 amide bonds. The third-order valence-electron chi connectivity index (χ3n) is 3.11. The van der Waals surface area contributed by atoms with Gasteiger partial charge in [0.05, 0.1) is 18.6 Å². The van der Waals surface area contributed by atoms with Crippen LogP contribution in [0.2, 0.25) is 0 Å². The van der Waals surface area contributed by atoms with Gasteiger partial charge in [0, 0.05) is 32.0 Å². The molecule has 1 heterocycles. The molecular formula is C15H23N3O3. The molecule has 1 aromatic heterocycles. The molecule has 0 aliphatic carbocycles.